The molecule has 0 aliphatic heterocycles. The minimum atomic E-state index is -0.586. The summed E-state index contributed by atoms with van der Waals surface area (Å²) >= 11 is 11.7. The lowest BCUT2D eigenvalue weighted by atomic mass is 10.2. The molecular formula is C13H10Cl2FNO. The second-order valence-corrected chi connectivity index (χ2v) is 4.65. The SMILES string of the molecule is Cc1ccc(Cl)c(Oc2cc(Cl)c(F)cc2N)c1. The summed E-state index contributed by atoms with van der Waals surface area (Å²) in [4.78, 5) is 0. The first-order valence-electron chi connectivity index (χ1n) is 5.16. The van der Waals surface area contributed by atoms with Crippen molar-refractivity contribution in [2.45, 2.75) is 6.92 Å². The standard InChI is InChI=1S/C13H10Cl2FNO/c1-7-2-3-8(14)12(4-7)18-13-5-9(15)10(16)6-11(13)17/h2-6H,17H2,1H3. The van der Waals surface area contributed by atoms with Crippen molar-refractivity contribution in [3.63, 3.8) is 0 Å². The first kappa shape index (κ1) is 13.0. The molecule has 5 heteroatoms. The topological polar surface area (TPSA) is 35.2 Å². The first-order valence-corrected chi connectivity index (χ1v) is 5.91. The van der Waals surface area contributed by atoms with E-state index in [9.17, 15) is 4.39 Å². The molecule has 2 N–H and O–H groups in total. The smallest absolute Gasteiger partial charge is 0.152 e. The van der Waals surface area contributed by atoms with Crippen molar-refractivity contribution in [3.8, 4) is 11.5 Å². The van der Waals surface area contributed by atoms with Crippen LogP contribution in [0, 0.1) is 12.7 Å². The highest BCUT2D eigenvalue weighted by Crippen LogP contribution is 2.35. The van der Waals surface area contributed by atoms with Crippen LogP contribution >= 0.6 is 23.2 Å². The summed E-state index contributed by atoms with van der Waals surface area (Å²) in [5, 5.41) is 0.392. The molecule has 0 aromatic heterocycles. The number of nitrogen functional groups attached to an aromatic ring is 1. The fourth-order valence-corrected chi connectivity index (χ4v) is 1.75. The number of benzene rings is 2. The van der Waals surface area contributed by atoms with E-state index in [1.165, 1.54) is 6.07 Å². The summed E-state index contributed by atoms with van der Waals surface area (Å²) in [6.07, 6.45) is 0. The van der Waals surface area contributed by atoms with Gasteiger partial charge in [-0.3, -0.25) is 0 Å². The molecule has 18 heavy (non-hydrogen) atoms. The van der Waals surface area contributed by atoms with Crippen molar-refractivity contribution in [1.29, 1.82) is 0 Å². The van der Waals surface area contributed by atoms with E-state index in [-0.39, 0.29) is 16.5 Å². The molecular weight excluding hydrogens is 276 g/mol. The molecule has 0 atom stereocenters. The van der Waals surface area contributed by atoms with E-state index in [4.69, 9.17) is 33.7 Å². The highest BCUT2D eigenvalue weighted by molar-refractivity contribution is 6.32. The van der Waals surface area contributed by atoms with Gasteiger partial charge in [0.15, 0.2) is 5.75 Å². The molecule has 2 aromatic carbocycles. The predicted octanol–water partition coefficient (Wildman–Crippen LogP) is 4.82. The number of hydrogen-bond acceptors (Lipinski definition) is 2. The average Bonchev–Trinajstić information content (AvgIpc) is 2.30. The molecule has 0 saturated heterocycles. The van der Waals surface area contributed by atoms with Gasteiger partial charge >= 0.3 is 0 Å². The second-order valence-electron chi connectivity index (χ2n) is 3.84. The third-order valence-corrected chi connectivity index (χ3v) is 2.96. The molecule has 0 spiro atoms. The normalized spacial score (nSPS) is 10.4. The Kier molecular flexibility index (Phi) is 3.64. The van der Waals surface area contributed by atoms with Crippen molar-refractivity contribution < 1.29 is 9.13 Å². The number of nitrogens with two attached hydrogens (primary N) is 1. The van der Waals surface area contributed by atoms with Crippen molar-refractivity contribution >= 4 is 28.9 Å². The lowest BCUT2D eigenvalue weighted by Crippen LogP contribution is -1.94. The molecule has 2 nitrogen and oxygen atoms in total. The van der Waals surface area contributed by atoms with Crippen molar-refractivity contribution in [1.82, 2.24) is 0 Å². The van der Waals surface area contributed by atoms with Crippen molar-refractivity contribution in [2.24, 2.45) is 0 Å². The third kappa shape index (κ3) is 2.68. The van der Waals surface area contributed by atoms with Gasteiger partial charge in [-0.25, -0.2) is 4.39 Å². The Morgan fingerprint density at radius 1 is 1.06 bits per heavy atom. The van der Waals surface area contributed by atoms with E-state index >= 15 is 0 Å². The summed E-state index contributed by atoms with van der Waals surface area (Å²) in [5.41, 5.74) is 6.81. The van der Waals surface area contributed by atoms with Crippen molar-refractivity contribution in [2.75, 3.05) is 5.73 Å². The summed E-state index contributed by atoms with van der Waals surface area (Å²) in [7, 11) is 0. The second kappa shape index (κ2) is 5.04. The van der Waals surface area contributed by atoms with Crippen LogP contribution in [0.15, 0.2) is 30.3 Å². The Labute approximate surface area is 114 Å². The zero-order valence-corrected chi connectivity index (χ0v) is 11.0. The Morgan fingerprint density at radius 3 is 2.50 bits per heavy atom. The van der Waals surface area contributed by atoms with Gasteiger partial charge in [-0.15, -0.1) is 0 Å². The largest absolute Gasteiger partial charge is 0.454 e. The van der Waals surface area contributed by atoms with Gasteiger partial charge in [0.2, 0.25) is 0 Å². The molecule has 0 unspecified atom stereocenters. The van der Waals surface area contributed by atoms with E-state index in [1.807, 2.05) is 13.0 Å². The van der Waals surface area contributed by atoms with Crippen LogP contribution in [0.1, 0.15) is 5.56 Å². The molecule has 0 fully saturated rings. The molecule has 0 saturated carbocycles. The van der Waals surface area contributed by atoms with Crippen LogP contribution in [0.25, 0.3) is 0 Å². The van der Waals surface area contributed by atoms with E-state index in [1.54, 1.807) is 12.1 Å². The minimum absolute atomic E-state index is 0.0528. The van der Waals surface area contributed by atoms with Gasteiger partial charge in [0.1, 0.15) is 11.6 Å². The van der Waals surface area contributed by atoms with Crippen LogP contribution < -0.4 is 10.5 Å². The third-order valence-electron chi connectivity index (χ3n) is 2.36. The predicted molar refractivity (Wildman–Crippen MR) is 72.1 cm³/mol. The maximum absolute atomic E-state index is 13.1. The average molecular weight is 286 g/mol. The number of rotatable bonds is 2. The van der Waals surface area contributed by atoms with Crippen LogP contribution in [0.2, 0.25) is 10.0 Å². The minimum Gasteiger partial charge on any atom is -0.454 e. The summed E-state index contributed by atoms with van der Waals surface area (Å²) < 4.78 is 18.7. The molecule has 0 bridgehead atoms. The van der Waals surface area contributed by atoms with Crippen LogP contribution in [-0.2, 0) is 0 Å². The summed E-state index contributed by atoms with van der Waals surface area (Å²) in [5.74, 6) is 0.136. The van der Waals surface area contributed by atoms with Gasteiger partial charge in [0, 0.05) is 12.1 Å². The number of ether oxygens (including phenoxy) is 1. The fraction of sp³-hybridized carbons (Fsp3) is 0.0769. The van der Waals surface area contributed by atoms with Gasteiger partial charge in [0.25, 0.3) is 0 Å². The molecule has 0 aliphatic carbocycles. The van der Waals surface area contributed by atoms with Crippen LogP contribution in [0.5, 0.6) is 11.5 Å². The molecule has 0 aliphatic rings. The molecule has 0 amide bonds. The fourth-order valence-electron chi connectivity index (χ4n) is 1.44. The maximum atomic E-state index is 13.1. The van der Waals surface area contributed by atoms with Gasteiger partial charge in [-0.2, -0.15) is 0 Å². The van der Waals surface area contributed by atoms with Gasteiger partial charge in [-0.1, -0.05) is 29.3 Å². The number of halogens is 3. The van der Waals surface area contributed by atoms with E-state index in [0.29, 0.717) is 10.8 Å². The highest BCUT2D eigenvalue weighted by atomic mass is 35.5. The lowest BCUT2D eigenvalue weighted by molar-refractivity contribution is 0.483. The Bertz CT molecular complexity index is 602. The molecule has 2 aromatic rings. The van der Waals surface area contributed by atoms with E-state index in [2.05, 4.69) is 0 Å². The maximum Gasteiger partial charge on any atom is 0.152 e. The van der Waals surface area contributed by atoms with Crippen LogP contribution in [-0.4, -0.2) is 0 Å². The number of aryl methyl sites for hydroxylation is 1. The van der Waals surface area contributed by atoms with Crippen LogP contribution in [0.3, 0.4) is 0 Å². The zero-order valence-electron chi connectivity index (χ0n) is 9.51. The monoisotopic (exact) mass is 285 g/mol. The van der Waals surface area contributed by atoms with Gasteiger partial charge < -0.3 is 10.5 Å². The van der Waals surface area contributed by atoms with Gasteiger partial charge in [0.05, 0.1) is 15.7 Å². The summed E-state index contributed by atoms with van der Waals surface area (Å²) in [6, 6.07) is 7.77. The number of hydrogen-bond donors (Lipinski definition) is 1. The molecule has 0 heterocycles. The van der Waals surface area contributed by atoms with E-state index in [0.717, 1.165) is 11.6 Å². The molecule has 2 rings (SSSR count). The Morgan fingerprint density at radius 2 is 1.78 bits per heavy atom. The molecule has 0 radical (unpaired) electrons. The van der Waals surface area contributed by atoms with Crippen molar-refractivity contribution in [3.05, 3.63) is 51.8 Å². The quantitative estimate of drug-likeness (QED) is 0.803. The Balaban J connectivity index is 2.40. The highest BCUT2D eigenvalue weighted by Gasteiger charge is 2.10. The van der Waals surface area contributed by atoms with Crippen LogP contribution in [0.4, 0.5) is 10.1 Å². The summed E-state index contributed by atoms with van der Waals surface area (Å²) in [6.45, 7) is 1.91. The molecule has 94 valence electrons. The zero-order chi connectivity index (χ0) is 13.3. The number of anilines is 1. The van der Waals surface area contributed by atoms with E-state index < -0.39 is 5.82 Å². The first-order chi connectivity index (χ1) is 8.47. The Hall–Kier alpha value is -1.45. The lowest BCUT2D eigenvalue weighted by Gasteiger charge is -2.11. The van der Waals surface area contributed by atoms with Gasteiger partial charge in [-0.05, 0) is 24.6 Å².